The van der Waals surface area contributed by atoms with Gasteiger partial charge in [-0.2, -0.15) is 0 Å². The lowest BCUT2D eigenvalue weighted by atomic mass is 10.3. The van der Waals surface area contributed by atoms with Crippen molar-refractivity contribution in [1.82, 2.24) is 0 Å². The second kappa shape index (κ2) is 5.27. The molecule has 2 N–H and O–H groups in total. The van der Waals surface area contributed by atoms with Crippen LogP contribution in [0.1, 0.15) is 0 Å². The first-order valence-corrected chi connectivity index (χ1v) is 5.96. The van der Waals surface area contributed by atoms with E-state index < -0.39 is 5.82 Å². The Kier molecular flexibility index (Phi) is 3.72. The second-order valence-corrected chi connectivity index (χ2v) is 4.41. The van der Waals surface area contributed by atoms with Crippen LogP contribution in [-0.4, -0.2) is 7.11 Å². The number of ether oxygens (including phenoxy) is 2. The minimum Gasteiger partial charge on any atom is -0.493 e. The maximum atomic E-state index is 13.2. The van der Waals surface area contributed by atoms with Gasteiger partial charge in [0.25, 0.3) is 0 Å². The summed E-state index contributed by atoms with van der Waals surface area (Å²) in [6, 6.07) is 9.87. The van der Waals surface area contributed by atoms with Gasteiger partial charge in [0, 0.05) is 6.07 Å². The Labute approximate surface area is 112 Å². The lowest BCUT2D eigenvalue weighted by Gasteiger charge is -2.12. The Morgan fingerprint density at radius 1 is 1.11 bits per heavy atom. The van der Waals surface area contributed by atoms with E-state index in [4.69, 9.17) is 15.2 Å². The lowest BCUT2D eigenvalue weighted by Crippen LogP contribution is -1.94. The normalized spacial score (nSPS) is 10.2. The van der Waals surface area contributed by atoms with Crippen LogP contribution < -0.4 is 15.2 Å². The van der Waals surface area contributed by atoms with Crippen molar-refractivity contribution < 1.29 is 13.9 Å². The van der Waals surface area contributed by atoms with Gasteiger partial charge in [0.05, 0.1) is 17.3 Å². The molecule has 0 fully saturated rings. The lowest BCUT2D eigenvalue weighted by molar-refractivity contribution is 0.378. The molecule has 0 saturated heterocycles. The Morgan fingerprint density at radius 2 is 1.78 bits per heavy atom. The van der Waals surface area contributed by atoms with Gasteiger partial charge >= 0.3 is 0 Å². The molecule has 0 aliphatic heterocycles. The Hall–Kier alpha value is -1.75. The van der Waals surface area contributed by atoms with Crippen molar-refractivity contribution >= 4 is 21.6 Å². The number of para-hydroxylation sites is 2. The van der Waals surface area contributed by atoms with Gasteiger partial charge in [0.2, 0.25) is 0 Å². The maximum absolute atomic E-state index is 13.2. The Bertz CT molecular complexity index is 575. The summed E-state index contributed by atoms with van der Waals surface area (Å²) >= 11 is 3.22. The summed E-state index contributed by atoms with van der Waals surface area (Å²) in [7, 11) is 1.55. The zero-order chi connectivity index (χ0) is 13.1. The van der Waals surface area contributed by atoms with Gasteiger partial charge in [-0.1, -0.05) is 12.1 Å². The van der Waals surface area contributed by atoms with Crippen LogP contribution in [0.3, 0.4) is 0 Å². The predicted octanol–water partition coefficient (Wildman–Crippen LogP) is 3.97. The molecule has 2 aromatic rings. The fourth-order valence-corrected chi connectivity index (χ4v) is 1.84. The van der Waals surface area contributed by atoms with Crippen LogP contribution in [-0.2, 0) is 0 Å². The van der Waals surface area contributed by atoms with Crippen molar-refractivity contribution in [2.24, 2.45) is 0 Å². The van der Waals surface area contributed by atoms with E-state index >= 15 is 0 Å². The average Bonchev–Trinajstić information content (AvgIpc) is 2.36. The maximum Gasteiger partial charge on any atom is 0.169 e. The number of halogens is 2. The minimum atomic E-state index is -0.491. The van der Waals surface area contributed by atoms with E-state index in [1.165, 1.54) is 12.1 Å². The monoisotopic (exact) mass is 311 g/mol. The van der Waals surface area contributed by atoms with E-state index in [1.807, 2.05) is 12.1 Å². The molecule has 0 heterocycles. The molecule has 5 heteroatoms. The van der Waals surface area contributed by atoms with Crippen molar-refractivity contribution in [3.8, 4) is 17.2 Å². The minimum absolute atomic E-state index is 0.0306. The first-order chi connectivity index (χ1) is 8.61. The molecular weight excluding hydrogens is 301 g/mol. The van der Waals surface area contributed by atoms with E-state index in [9.17, 15) is 4.39 Å². The molecule has 0 spiro atoms. The quantitative estimate of drug-likeness (QED) is 0.872. The molecule has 18 heavy (non-hydrogen) atoms. The number of rotatable bonds is 3. The molecule has 0 saturated carbocycles. The summed E-state index contributed by atoms with van der Waals surface area (Å²) < 4.78 is 24.5. The second-order valence-electron chi connectivity index (χ2n) is 3.56. The highest BCUT2D eigenvalue weighted by atomic mass is 79.9. The van der Waals surface area contributed by atoms with Gasteiger partial charge in [0.1, 0.15) is 11.6 Å². The number of nitrogens with two attached hydrogens (primary N) is 1. The van der Waals surface area contributed by atoms with E-state index in [0.717, 1.165) is 0 Å². The summed E-state index contributed by atoms with van der Waals surface area (Å²) in [6.07, 6.45) is 0. The number of nitrogen functional groups attached to an aromatic ring is 1. The third-order valence-electron chi connectivity index (χ3n) is 2.34. The van der Waals surface area contributed by atoms with Crippen LogP contribution in [0.5, 0.6) is 17.2 Å². The van der Waals surface area contributed by atoms with Gasteiger partial charge < -0.3 is 15.2 Å². The molecule has 0 unspecified atom stereocenters. The highest BCUT2D eigenvalue weighted by Gasteiger charge is 2.10. The van der Waals surface area contributed by atoms with Gasteiger partial charge in [-0.15, -0.1) is 0 Å². The molecule has 2 rings (SSSR count). The number of anilines is 1. The van der Waals surface area contributed by atoms with E-state index in [0.29, 0.717) is 21.7 Å². The molecule has 0 aromatic heterocycles. The van der Waals surface area contributed by atoms with Crippen molar-refractivity contribution in [3.05, 3.63) is 46.7 Å². The van der Waals surface area contributed by atoms with Crippen molar-refractivity contribution in [1.29, 1.82) is 0 Å². The van der Waals surface area contributed by atoms with Crippen LogP contribution in [0.15, 0.2) is 40.9 Å². The smallest absolute Gasteiger partial charge is 0.169 e. The number of hydrogen-bond donors (Lipinski definition) is 1. The van der Waals surface area contributed by atoms with Gasteiger partial charge in [-0.3, -0.25) is 0 Å². The van der Waals surface area contributed by atoms with E-state index in [-0.39, 0.29) is 5.69 Å². The zero-order valence-corrected chi connectivity index (χ0v) is 11.2. The number of methoxy groups -OCH3 is 1. The van der Waals surface area contributed by atoms with Crippen LogP contribution in [0.4, 0.5) is 10.1 Å². The number of hydrogen-bond acceptors (Lipinski definition) is 3. The van der Waals surface area contributed by atoms with Crippen LogP contribution >= 0.6 is 15.9 Å². The molecule has 2 aromatic carbocycles. The Balaban J connectivity index is 2.37. The molecule has 0 atom stereocenters. The third-order valence-corrected chi connectivity index (χ3v) is 2.96. The molecule has 0 aliphatic rings. The van der Waals surface area contributed by atoms with Crippen molar-refractivity contribution in [2.45, 2.75) is 0 Å². The summed E-state index contributed by atoms with van der Waals surface area (Å²) in [5.74, 6) is 1.06. The molecular formula is C13H11BrFNO2. The van der Waals surface area contributed by atoms with Crippen LogP contribution in [0.25, 0.3) is 0 Å². The summed E-state index contributed by atoms with van der Waals surface area (Å²) in [6.45, 7) is 0. The molecule has 0 radical (unpaired) electrons. The molecule has 3 nitrogen and oxygen atoms in total. The Morgan fingerprint density at radius 3 is 2.44 bits per heavy atom. The zero-order valence-electron chi connectivity index (χ0n) is 9.61. The standard InChI is InChI=1S/C13H11BrFNO2/c1-17-11-4-2-3-5-12(11)18-13-7-10(16)9(15)6-8(13)14/h2-7H,16H2,1H3. The van der Waals surface area contributed by atoms with Crippen LogP contribution in [0, 0.1) is 5.82 Å². The topological polar surface area (TPSA) is 44.5 Å². The highest BCUT2D eigenvalue weighted by Crippen LogP contribution is 2.36. The molecule has 94 valence electrons. The van der Waals surface area contributed by atoms with Gasteiger partial charge in [-0.05, 0) is 34.1 Å². The first-order valence-electron chi connectivity index (χ1n) is 5.17. The predicted molar refractivity (Wildman–Crippen MR) is 71.6 cm³/mol. The van der Waals surface area contributed by atoms with E-state index in [1.54, 1.807) is 19.2 Å². The SMILES string of the molecule is COc1ccccc1Oc1cc(N)c(F)cc1Br. The average molecular weight is 312 g/mol. The van der Waals surface area contributed by atoms with E-state index in [2.05, 4.69) is 15.9 Å². The summed E-state index contributed by atoms with van der Waals surface area (Å²) in [4.78, 5) is 0. The van der Waals surface area contributed by atoms with Crippen molar-refractivity contribution in [2.75, 3.05) is 12.8 Å². The van der Waals surface area contributed by atoms with Crippen LogP contribution in [0.2, 0.25) is 0 Å². The number of benzene rings is 2. The fraction of sp³-hybridized carbons (Fsp3) is 0.0769. The largest absolute Gasteiger partial charge is 0.493 e. The van der Waals surface area contributed by atoms with Gasteiger partial charge in [0.15, 0.2) is 11.5 Å². The molecule has 0 bridgehead atoms. The summed E-state index contributed by atoms with van der Waals surface area (Å²) in [5, 5.41) is 0. The highest BCUT2D eigenvalue weighted by molar-refractivity contribution is 9.10. The van der Waals surface area contributed by atoms with Gasteiger partial charge in [-0.25, -0.2) is 4.39 Å². The fourth-order valence-electron chi connectivity index (χ4n) is 1.44. The third kappa shape index (κ3) is 2.56. The summed E-state index contributed by atoms with van der Waals surface area (Å²) in [5.41, 5.74) is 5.54. The molecule has 0 amide bonds. The van der Waals surface area contributed by atoms with Crippen molar-refractivity contribution in [3.63, 3.8) is 0 Å². The molecule has 0 aliphatic carbocycles. The first kappa shape index (κ1) is 12.7.